The molecule has 0 aromatic heterocycles. The fourth-order valence-corrected chi connectivity index (χ4v) is 2.24. The van der Waals surface area contributed by atoms with Crippen LogP contribution in [0.5, 0.6) is 0 Å². The first kappa shape index (κ1) is 4.73. The van der Waals surface area contributed by atoms with Crippen molar-refractivity contribution in [2.45, 2.75) is 37.8 Å². The van der Waals surface area contributed by atoms with Crippen molar-refractivity contribution in [1.82, 2.24) is 5.32 Å². The Balaban J connectivity index is 1.77. The minimum atomic E-state index is 0.961. The van der Waals surface area contributed by atoms with E-state index in [1.165, 1.54) is 25.7 Å². The first-order valence-corrected chi connectivity index (χ1v) is 4.19. The molecule has 1 nitrogen and oxygen atoms in total. The third kappa shape index (κ3) is 0.644. The van der Waals surface area contributed by atoms with Crippen molar-refractivity contribution in [2.24, 2.45) is 11.8 Å². The molecule has 0 bridgehead atoms. The zero-order chi connectivity index (χ0) is 5.84. The van der Waals surface area contributed by atoms with Gasteiger partial charge in [-0.15, -0.1) is 0 Å². The van der Waals surface area contributed by atoms with Crippen LogP contribution in [0.1, 0.15) is 25.7 Å². The van der Waals surface area contributed by atoms with Gasteiger partial charge in [0, 0.05) is 12.1 Å². The van der Waals surface area contributed by atoms with E-state index in [1.54, 1.807) is 0 Å². The largest absolute Gasteiger partial charge is 0.311 e. The third-order valence-corrected chi connectivity index (χ3v) is 3.18. The maximum absolute atomic E-state index is 3.69. The maximum atomic E-state index is 3.69. The van der Waals surface area contributed by atoms with Crippen molar-refractivity contribution in [3.05, 3.63) is 0 Å². The molecule has 1 heterocycles. The molecule has 1 aliphatic heterocycles. The Hall–Kier alpha value is -0.0400. The average molecular weight is 123 g/mol. The van der Waals surface area contributed by atoms with E-state index >= 15 is 0 Å². The van der Waals surface area contributed by atoms with Gasteiger partial charge in [-0.1, -0.05) is 0 Å². The summed E-state index contributed by atoms with van der Waals surface area (Å²) in [5, 5.41) is 3.69. The summed E-state index contributed by atoms with van der Waals surface area (Å²) in [5.74, 6) is 2.19. The lowest BCUT2D eigenvalue weighted by Gasteiger charge is -1.95. The standard InChI is InChI=1S/C8H13N/c1-2-6-4-8(6)9-7-3-5(1)7/h5-9H,1-4H2. The minimum Gasteiger partial charge on any atom is -0.311 e. The number of nitrogens with one attached hydrogen (secondary N) is 1. The summed E-state index contributed by atoms with van der Waals surface area (Å²) in [6, 6.07) is 1.92. The number of hydrogen-bond donors (Lipinski definition) is 1. The molecule has 0 aromatic rings. The summed E-state index contributed by atoms with van der Waals surface area (Å²) >= 11 is 0. The highest BCUT2D eigenvalue weighted by Crippen LogP contribution is 2.47. The summed E-state index contributed by atoms with van der Waals surface area (Å²) in [7, 11) is 0. The van der Waals surface area contributed by atoms with Crippen molar-refractivity contribution in [2.75, 3.05) is 0 Å². The Morgan fingerprint density at radius 1 is 0.889 bits per heavy atom. The van der Waals surface area contributed by atoms with Gasteiger partial charge in [0.2, 0.25) is 0 Å². The summed E-state index contributed by atoms with van der Waals surface area (Å²) in [5.41, 5.74) is 0. The summed E-state index contributed by atoms with van der Waals surface area (Å²) in [6.07, 6.45) is 6.03. The Bertz CT molecular complexity index is 128. The van der Waals surface area contributed by atoms with E-state index in [0.717, 1.165) is 23.9 Å². The topological polar surface area (TPSA) is 12.0 Å². The molecule has 0 amide bonds. The average Bonchev–Trinajstić information content (AvgIpc) is 2.54. The van der Waals surface area contributed by atoms with Gasteiger partial charge in [-0.2, -0.15) is 0 Å². The second kappa shape index (κ2) is 1.34. The molecule has 1 N–H and O–H groups in total. The molecule has 9 heavy (non-hydrogen) atoms. The van der Waals surface area contributed by atoms with Crippen LogP contribution >= 0.6 is 0 Å². The quantitative estimate of drug-likeness (QED) is 0.509. The van der Waals surface area contributed by atoms with Gasteiger partial charge in [0.05, 0.1) is 0 Å². The van der Waals surface area contributed by atoms with Crippen molar-refractivity contribution in [1.29, 1.82) is 0 Å². The van der Waals surface area contributed by atoms with E-state index in [1.807, 2.05) is 0 Å². The summed E-state index contributed by atoms with van der Waals surface area (Å²) < 4.78 is 0. The van der Waals surface area contributed by atoms with E-state index < -0.39 is 0 Å². The molecule has 0 spiro atoms. The molecule has 3 fully saturated rings. The van der Waals surface area contributed by atoms with E-state index in [-0.39, 0.29) is 0 Å². The lowest BCUT2D eigenvalue weighted by molar-refractivity contribution is 0.625. The lowest BCUT2D eigenvalue weighted by Crippen LogP contribution is -2.20. The van der Waals surface area contributed by atoms with E-state index in [4.69, 9.17) is 0 Å². The first-order valence-electron chi connectivity index (χ1n) is 4.19. The van der Waals surface area contributed by atoms with Crippen molar-refractivity contribution >= 4 is 0 Å². The molecule has 50 valence electrons. The second-order valence-electron chi connectivity index (χ2n) is 3.95. The molecule has 0 aromatic carbocycles. The fraction of sp³-hybridized carbons (Fsp3) is 1.00. The highest BCUT2D eigenvalue weighted by Gasteiger charge is 2.48. The van der Waals surface area contributed by atoms with Gasteiger partial charge in [-0.05, 0) is 37.5 Å². The van der Waals surface area contributed by atoms with Crippen LogP contribution in [0.25, 0.3) is 0 Å². The Labute approximate surface area is 55.8 Å². The van der Waals surface area contributed by atoms with Crippen molar-refractivity contribution < 1.29 is 0 Å². The van der Waals surface area contributed by atoms with E-state index in [2.05, 4.69) is 5.32 Å². The van der Waals surface area contributed by atoms with Crippen LogP contribution in [0.4, 0.5) is 0 Å². The summed E-state index contributed by atoms with van der Waals surface area (Å²) in [6.45, 7) is 0. The molecular weight excluding hydrogens is 110 g/mol. The smallest absolute Gasteiger partial charge is 0.0102 e. The van der Waals surface area contributed by atoms with Crippen LogP contribution in [0.15, 0.2) is 0 Å². The normalized spacial score (nSPS) is 61.3. The molecule has 3 aliphatic rings. The van der Waals surface area contributed by atoms with Gasteiger partial charge < -0.3 is 5.32 Å². The van der Waals surface area contributed by atoms with Gasteiger partial charge in [0.25, 0.3) is 0 Å². The molecule has 4 unspecified atom stereocenters. The number of rotatable bonds is 0. The molecule has 1 saturated heterocycles. The van der Waals surface area contributed by atoms with Crippen LogP contribution in [0.3, 0.4) is 0 Å². The molecule has 2 saturated carbocycles. The SMILES string of the molecule is C1CC2CC2NC2CC12. The molecule has 3 rings (SSSR count). The van der Waals surface area contributed by atoms with Gasteiger partial charge in [-0.25, -0.2) is 0 Å². The van der Waals surface area contributed by atoms with Crippen LogP contribution in [0.2, 0.25) is 0 Å². The lowest BCUT2D eigenvalue weighted by atomic mass is 10.2. The van der Waals surface area contributed by atoms with Gasteiger partial charge >= 0.3 is 0 Å². The monoisotopic (exact) mass is 123 g/mol. The molecule has 1 heteroatoms. The Morgan fingerprint density at radius 3 is 2.00 bits per heavy atom. The molecule has 0 radical (unpaired) electrons. The number of fused-ring (bicyclic) bond motifs is 2. The third-order valence-electron chi connectivity index (χ3n) is 3.18. The summed E-state index contributed by atoms with van der Waals surface area (Å²) in [4.78, 5) is 0. The van der Waals surface area contributed by atoms with Gasteiger partial charge in [-0.3, -0.25) is 0 Å². The van der Waals surface area contributed by atoms with Crippen LogP contribution in [0, 0.1) is 11.8 Å². The predicted molar refractivity (Wildman–Crippen MR) is 36.2 cm³/mol. The van der Waals surface area contributed by atoms with Gasteiger partial charge in [0.15, 0.2) is 0 Å². The van der Waals surface area contributed by atoms with E-state index in [0.29, 0.717) is 0 Å². The minimum absolute atomic E-state index is 0.961. The molecule has 2 aliphatic carbocycles. The van der Waals surface area contributed by atoms with Crippen molar-refractivity contribution in [3.63, 3.8) is 0 Å². The predicted octanol–water partition coefficient (Wildman–Crippen LogP) is 1.15. The first-order chi connectivity index (χ1) is 4.43. The van der Waals surface area contributed by atoms with Crippen LogP contribution in [-0.4, -0.2) is 12.1 Å². The highest BCUT2D eigenvalue weighted by atomic mass is 15.1. The Kier molecular flexibility index (Phi) is 0.704. The van der Waals surface area contributed by atoms with Crippen molar-refractivity contribution in [3.8, 4) is 0 Å². The zero-order valence-electron chi connectivity index (χ0n) is 5.64. The van der Waals surface area contributed by atoms with Gasteiger partial charge in [0.1, 0.15) is 0 Å². The Morgan fingerprint density at radius 2 is 1.44 bits per heavy atom. The fourth-order valence-electron chi connectivity index (χ4n) is 2.24. The molecule has 4 atom stereocenters. The highest BCUT2D eigenvalue weighted by molar-refractivity contribution is 5.05. The van der Waals surface area contributed by atoms with Crippen LogP contribution < -0.4 is 5.32 Å². The van der Waals surface area contributed by atoms with E-state index in [9.17, 15) is 0 Å². The maximum Gasteiger partial charge on any atom is 0.0102 e. The van der Waals surface area contributed by atoms with Crippen LogP contribution in [-0.2, 0) is 0 Å². The number of hydrogen-bond acceptors (Lipinski definition) is 1. The second-order valence-corrected chi connectivity index (χ2v) is 3.95. The molecular formula is C8H13N. The zero-order valence-corrected chi connectivity index (χ0v) is 5.64.